The minimum absolute atomic E-state index is 0.116. The average Bonchev–Trinajstić information content (AvgIpc) is 2.09. The molecule has 1 atom stereocenters. The summed E-state index contributed by atoms with van der Waals surface area (Å²) in [4.78, 5) is 22.1. The van der Waals surface area contributed by atoms with Crippen LogP contribution in [0.2, 0.25) is 0 Å². The lowest BCUT2D eigenvalue weighted by Crippen LogP contribution is -2.17. The Kier molecular flexibility index (Phi) is 6.47. The Labute approximate surface area is 80.7 Å². The van der Waals surface area contributed by atoms with Gasteiger partial charge in [0.2, 0.25) is 0 Å². The highest BCUT2D eigenvalue weighted by molar-refractivity contribution is 5.93. The summed E-state index contributed by atoms with van der Waals surface area (Å²) in [6, 6.07) is 0. The molecule has 1 unspecified atom stereocenters. The lowest BCUT2D eigenvalue weighted by molar-refractivity contribution is -0.128. The van der Waals surface area contributed by atoms with Crippen molar-refractivity contribution in [3.05, 3.63) is 0 Å². The summed E-state index contributed by atoms with van der Waals surface area (Å²) in [5.41, 5.74) is 0. The summed E-state index contributed by atoms with van der Waals surface area (Å²) in [6.45, 7) is 6.11. The van der Waals surface area contributed by atoms with Crippen molar-refractivity contribution < 1.29 is 9.59 Å². The second kappa shape index (κ2) is 6.81. The van der Waals surface area contributed by atoms with Crippen molar-refractivity contribution >= 4 is 12.1 Å². The maximum atomic E-state index is 11.4. The van der Waals surface area contributed by atoms with Crippen molar-refractivity contribution in [2.75, 3.05) is 0 Å². The summed E-state index contributed by atoms with van der Waals surface area (Å²) < 4.78 is 0. The van der Waals surface area contributed by atoms with Gasteiger partial charge >= 0.3 is 0 Å². The fourth-order valence-corrected chi connectivity index (χ4v) is 1.31. The van der Waals surface area contributed by atoms with Crippen molar-refractivity contribution in [2.24, 2.45) is 11.8 Å². The van der Waals surface area contributed by atoms with Crippen LogP contribution < -0.4 is 0 Å². The van der Waals surface area contributed by atoms with Gasteiger partial charge in [-0.3, -0.25) is 4.79 Å². The zero-order valence-corrected chi connectivity index (χ0v) is 8.88. The van der Waals surface area contributed by atoms with E-state index in [-0.39, 0.29) is 11.7 Å². The molecule has 0 aromatic rings. The number of carbonyl (C=O) groups is 2. The topological polar surface area (TPSA) is 34.1 Å². The predicted molar refractivity (Wildman–Crippen MR) is 53.5 cm³/mol. The Hall–Kier alpha value is -0.660. The fourth-order valence-electron chi connectivity index (χ4n) is 1.31. The van der Waals surface area contributed by atoms with E-state index in [9.17, 15) is 9.59 Å². The molecule has 0 radical (unpaired) electrons. The molecule has 13 heavy (non-hydrogen) atoms. The summed E-state index contributed by atoms with van der Waals surface area (Å²) in [5.74, 6) is 0.179. The Morgan fingerprint density at radius 3 is 2.38 bits per heavy atom. The maximum Gasteiger partial charge on any atom is 0.143 e. The highest BCUT2D eigenvalue weighted by Gasteiger charge is 2.17. The van der Waals surface area contributed by atoms with Gasteiger partial charge in [0, 0.05) is 6.42 Å². The molecule has 0 fully saturated rings. The van der Waals surface area contributed by atoms with Crippen molar-refractivity contribution in [1.82, 2.24) is 0 Å². The standard InChI is InChI=1S/C11H20O2/c1-4-5-6-11(13)10(8-12)7-9(2)3/h8-10H,4-7H2,1-3H3. The van der Waals surface area contributed by atoms with Crippen molar-refractivity contribution in [3.63, 3.8) is 0 Å². The first-order valence-electron chi connectivity index (χ1n) is 5.09. The second-order valence-corrected chi connectivity index (χ2v) is 3.94. The number of ketones is 1. The van der Waals surface area contributed by atoms with Gasteiger partial charge < -0.3 is 4.79 Å². The normalized spacial score (nSPS) is 12.9. The van der Waals surface area contributed by atoms with Crippen molar-refractivity contribution in [1.29, 1.82) is 0 Å². The zero-order chi connectivity index (χ0) is 10.3. The average molecular weight is 184 g/mol. The third-order valence-electron chi connectivity index (χ3n) is 2.08. The van der Waals surface area contributed by atoms with Crippen LogP contribution in [0.25, 0.3) is 0 Å². The predicted octanol–water partition coefficient (Wildman–Crippen LogP) is 2.61. The largest absolute Gasteiger partial charge is 0.303 e. The van der Waals surface area contributed by atoms with Gasteiger partial charge in [-0.25, -0.2) is 0 Å². The summed E-state index contributed by atoms with van der Waals surface area (Å²) in [6.07, 6.45) is 3.98. The SMILES string of the molecule is CCCCC(=O)C(C=O)CC(C)C. The van der Waals surface area contributed by atoms with Gasteiger partial charge in [-0.2, -0.15) is 0 Å². The van der Waals surface area contributed by atoms with Gasteiger partial charge in [0.05, 0.1) is 5.92 Å². The van der Waals surface area contributed by atoms with E-state index >= 15 is 0 Å². The number of carbonyl (C=O) groups excluding carboxylic acids is 2. The first kappa shape index (κ1) is 12.3. The number of rotatable bonds is 7. The summed E-state index contributed by atoms with van der Waals surface area (Å²) >= 11 is 0. The molecule has 0 aromatic heterocycles. The highest BCUT2D eigenvalue weighted by atomic mass is 16.1. The lowest BCUT2D eigenvalue weighted by Gasteiger charge is -2.10. The molecule has 0 spiro atoms. The first-order chi connectivity index (χ1) is 6.11. The molecule has 0 amide bonds. The molecular formula is C11H20O2. The van der Waals surface area contributed by atoms with E-state index < -0.39 is 0 Å². The molecule has 0 aromatic carbocycles. The quantitative estimate of drug-likeness (QED) is 0.450. The van der Waals surface area contributed by atoms with E-state index in [2.05, 4.69) is 0 Å². The van der Waals surface area contributed by atoms with Crippen LogP contribution in [0.1, 0.15) is 46.5 Å². The molecular weight excluding hydrogens is 164 g/mol. The van der Waals surface area contributed by atoms with Crippen LogP contribution in [0.5, 0.6) is 0 Å². The molecule has 0 heterocycles. The van der Waals surface area contributed by atoms with Gasteiger partial charge in [-0.05, 0) is 18.8 Å². The van der Waals surface area contributed by atoms with Crippen LogP contribution in [-0.4, -0.2) is 12.1 Å². The van der Waals surface area contributed by atoms with Crippen molar-refractivity contribution in [3.8, 4) is 0 Å². The van der Waals surface area contributed by atoms with E-state index in [1.165, 1.54) is 0 Å². The van der Waals surface area contributed by atoms with Gasteiger partial charge in [0.15, 0.2) is 0 Å². The van der Waals surface area contributed by atoms with E-state index in [1.807, 2.05) is 20.8 Å². The minimum Gasteiger partial charge on any atom is -0.303 e. The fraction of sp³-hybridized carbons (Fsp3) is 0.818. The van der Waals surface area contributed by atoms with E-state index in [4.69, 9.17) is 0 Å². The Morgan fingerprint density at radius 1 is 1.38 bits per heavy atom. The Morgan fingerprint density at radius 2 is 2.00 bits per heavy atom. The van der Waals surface area contributed by atoms with Gasteiger partial charge in [-0.15, -0.1) is 0 Å². The zero-order valence-electron chi connectivity index (χ0n) is 8.88. The molecule has 2 heteroatoms. The van der Waals surface area contributed by atoms with Crippen LogP contribution >= 0.6 is 0 Å². The molecule has 0 aliphatic carbocycles. The second-order valence-electron chi connectivity index (χ2n) is 3.94. The summed E-state index contributed by atoms with van der Waals surface area (Å²) in [5, 5.41) is 0. The molecule has 0 bridgehead atoms. The third-order valence-corrected chi connectivity index (χ3v) is 2.08. The monoisotopic (exact) mass is 184 g/mol. The number of hydrogen-bond acceptors (Lipinski definition) is 2. The molecule has 0 saturated heterocycles. The lowest BCUT2D eigenvalue weighted by atomic mass is 9.92. The summed E-state index contributed by atoms with van der Waals surface area (Å²) in [7, 11) is 0. The molecule has 76 valence electrons. The van der Waals surface area contributed by atoms with E-state index in [0.717, 1.165) is 19.1 Å². The van der Waals surface area contributed by atoms with Gasteiger partial charge in [-0.1, -0.05) is 27.2 Å². The number of aldehydes is 1. The minimum atomic E-state index is -0.355. The van der Waals surface area contributed by atoms with Crippen LogP contribution in [0.15, 0.2) is 0 Å². The molecule has 0 aliphatic heterocycles. The van der Waals surface area contributed by atoms with Crippen LogP contribution in [0, 0.1) is 11.8 Å². The molecule has 0 saturated carbocycles. The highest BCUT2D eigenvalue weighted by Crippen LogP contribution is 2.13. The first-order valence-corrected chi connectivity index (χ1v) is 5.09. The Bertz CT molecular complexity index is 161. The molecule has 2 nitrogen and oxygen atoms in total. The smallest absolute Gasteiger partial charge is 0.143 e. The molecule has 0 aliphatic rings. The van der Waals surface area contributed by atoms with Crippen LogP contribution in [0.4, 0.5) is 0 Å². The third kappa shape index (κ3) is 5.56. The number of hydrogen-bond donors (Lipinski definition) is 0. The van der Waals surface area contributed by atoms with E-state index in [1.54, 1.807) is 0 Å². The number of Topliss-reactive ketones (excluding diaryl/α,β-unsaturated/α-hetero) is 1. The molecule has 0 N–H and O–H groups in total. The van der Waals surface area contributed by atoms with Gasteiger partial charge in [0.25, 0.3) is 0 Å². The molecule has 0 rings (SSSR count). The van der Waals surface area contributed by atoms with Crippen LogP contribution in [-0.2, 0) is 9.59 Å². The van der Waals surface area contributed by atoms with Crippen molar-refractivity contribution in [2.45, 2.75) is 46.5 Å². The van der Waals surface area contributed by atoms with Crippen LogP contribution in [0.3, 0.4) is 0 Å². The van der Waals surface area contributed by atoms with E-state index in [0.29, 0.717) is 18.8 Å². The number of unbranched alkanes of at least 4 members (excludes halogenated alkanes) is 1. The Balaban J connectivity index is 3.92. The van der Waals surface area contributed by atoms with Gasteiger partial charge in [0.1, 0.15) is 12.1 Å². The maximum absolute atomic E-state index is 11.4.